The van der Waals surface area contributed by atoms with Crippen LogP contribution in [0, 0.1) is 17.7 Å². The van der Waals surface area contributed by atoms with E-state index in [9.17, 15) is 45.5 Å². The van der Waals surface area contributed by atoms with E-state index < -0.39 is 67.8 Å². The van der Waals surface area contributed by atoms with Gasteiger partial charge in [-0.05, 0) is 62.8 Å². The number of sulfone groups is 1. The molecule has 0 aliphatic heterocycles. The molecule has 2 unspecified atom stereocenters. The van der Waals surface area contributed by atoms with Crippen molar-refractivity contribution in [3.8, 4) is 11.5 Å². The summed E-state index contributed by atoms with van der Waals surface area (Å²) in [6.45, 7) is 0. The molecule has 4 rings (SSSR count). The van der Waals surface area contributed by atoms with Gasteiger partial charge in [0.05, 0.1) is 35.5 Å². The number of carboxylic acids is 1. The van der Waals surface area contributed by atoms with Crippen LogP contribution in [0.25, 0.3) is 0 Å². The van der Waals surface area contributed by atoms with E-state index in [0.29, 0.717) is 51.0 Å². The van der Waals surface area contributed by atoms with Crippen LogP contribution in [-0.4, -0.2) is 56.1 Å². The number of alkyl halides is 3. The number of hydrogen-bond acceptors (Lipinski definition) is 7. The molecule has 15 heteroatoms. The molecule has 2 aromatic carbocycles. The van der Waals surface area contributed by atoms with Gasteiger partial charge in [0, 0.05) is 17.8 Å². The Morgan fingerprint density at radius 2 is 1.67 bits per heavy atom. The Kier molecular flexibility index (Phi) is 9.52. The summed E-state index contributed by atoms with van der Waals surface area (Å²) in [6, 6.07) is 5.28. The Morgan fingerprint density at radius 1 is 0.977 bits per heavy atom. The number of anilines is 1. The van der Waals surface area contributed by atoms with E-state index in [0.717, 1.165) is 18.2 Å². The SMILES string of the molecule is COc1cc(F)c(OC2CCC(C(=O)O)CC2)cc1C(=O)NC1CCCC1C(=O)Nc1cccc(S(=O)(=O)C(F)(F)F)c1. The number of hydrogen-bond donors (Lipinski definition) is 3. The van der Waals surface area contributed by atoms with Crippen molar-refractivity contribution in [2.75, 3.05) is 12.4 Å². The first-order chi connectivity index (χ1) is 20.2. The number of ether oxygens (including phenoxy) is 2. The molecule has 0 radical (unpaired) electrons. The molecule has 43 heavy (non-hydrogen) atoms. The maximum Gasteiger partial charge on any atom is 0.501 e. The van der Waals surface area contributed by atoms with Crippen molar-refractivity contribution >= 4 is 33.3 Å². The van der Waals surface area contributed by atoms with E-state index in [1.165, 1.54) is 19.2 Å². The monoisotopic (exact) mass is 630 g/mol. The maximum atomic E-state index is 14.8. The number of nitrogens with one attached hydrogen (secondary N) is 2. The van der Waals surface area contributed by atoms with E-state index >= 15 is 0 Å². The van der Waals surface area contributed by atoms with Crippen molar-refractivity contribution in [2.24, 2.45) is 11.8 Å². The average Bonchev–Trinajstić information content (AvgIpc) is 3.42. The van der Waals surface area contributed by atoms with Gasteiger partial charge in [-0.2, -0.15) is 13.2 Å². The number of methoxy groups -OCH3 is 1. The molecule has 234 valence electrons. The zero-order valence-corrected chi connectivity index (χ0v) is 23.8. The van der Waals surface area contributed by atoms with Gasteiger partial charge in [-0.25, -0.2) is 12.8 Å². The van der Waals surface area contributed by atoms with Gasteiger partial charge in [0.15, 0.2) is 11.6 Å². The minimum absolute atomic E-state index is 0.0609. The van der Waals surface area contributed by atoms with Gasteiger partial charge in [0.1, 0.15) is 5.75 Å². The van der Waals surface area contributed by atoms with Crippen molar-refractivity contribution in [3.63, 3.8) is 0 Å². The Hall–Kier alpha value is -3.88. The van der Waals surface area contributed by atoms with E-state index in [4.69, 9.17) is 9.47 Å². The number of carbonyl (C=O) groups is 3. The first kappa shape index (κ1) is 32.0. The lowest BCUT2D eigenvalue weighted by molar-refractivity contribution is -0.143. The maximum absolute atomic E-state index is 14.8. The second-order valence-corrected chi connectivity index (χ2v) is 12.4. The minimum atomic E-state index is -5.62. The van der Waals surface area contributed by atoms with E-state index in [-0.39, 0.29) is 22.7 Å². The second-order valence-electron chi connectivity index (χ2n) is 10.5. The third-order valence-corrected chi connectivity index (χ3v) is 9.19. The molecular formula is C28H30F4N2O8S. The Morgan fingerprint density at radius 3 is 2.30 bits per heavy atom. The number of aliphatic carboxylic acids is 1. The summed E-state index contributed by atoms with van der Waals surface area (Å²) in [6.07, 6.45) is 2.37. The first-order valence-electron chi connectivity index (χ1n) is 13.5. The second kappa shape index (κ2) is 12.8. The molecular weight excluding hydrogens is 600 g/mol. The molecule has 3 N–H and O–H groups in total. The molecule has 0 saturated heterocycles. The first-order valence-corrected chi connectivity index (χ1v) is 15.0. The van der Waals surface area contributed by atoms with Crippen LogP contribution >= 0.6 is 0 Å². The lowest BCUT2D eigenvalue weighted by Gasteiger charge is -2.27. The normalized spacial score (nSPS) is 22.4. The number of amides is 2. The summed E-state index contributed by atoms with van der Waals surface area (Å²) in [7, 11) is -4.37. The predicted molar refractivity (Wildman–Crippen MR) is 144 cm³/mol. The van der Waals surface area contributed by atoms with Crippen molar-refractivity contribution in [3.05, 3.63) is 47.8 Å². The highest BCUT2D eigenvalue weighted by atomic mass is 32.2. The van der Waals surface area contributed by atoms with Crippen molar-refractivity contribution in [2.45, 2.75) is 67.5 Å². The van der Waals surface area contributed by atoms with Crippen LogP contribution in [0.3, 0.4) is 0 Å². The molecule has 0 aromatic heterocycles. The van der Waals surface area contributed by atoms with E-state index in [1.54, 1.807) is 0 Å². The number of halogens is 4. The van der Waals surface area contributed by atoms with Crippen LogP contribution in [0.2, 0.25) is 0 Å². The summed E-state index contributed by atoms with van der Waals surface area (Å²) >= 11 is 0. The topological polar surface area (TPSA) is 148 Å². The van der Waals surface area contributed by atoms with Gasteiger partial charge < -0.3 is 25.2 Å². The zero-order valence-electron chi connectivity index (χ0n) is 22.9. The van der Waals surface area contributed by atoms with Crippen LogP contribution in [0.4, 0.5) is 23.2 Å². The Balaban J connectivity index is 1.46. The van der Waals surface area contributed by atoms with Gasteiger partial charge in [-0.1, -0.05) is 12.5 Å². The zero-order chi connectivity index (χ0) is 31.5. The molecule has 0 spiro atoms. The fourth-order valence-electron chi connectivity index (χ4n) is 5.38. The Labute approximate surface area is 244 Å². The molecule has 10 nitrogen and oxygen atoms in total. The van der Waals surface area contributed by atoms with Gasteiger partial charge in [-0.3, -0.25) is 14.4 Å². The highest BCUT2D eigenvalue weighted by molar-refractivity contribution is 7.92. The standard InChI is InChI=1S/C28H30F4N2O8S/c1-41-23-14-21(29)24(42-17-10-8-15(9-11-17)27(37)38)13-20(23)26(36)34-22-7-3-6-19(22)25(35)33-16-4-2-5-18(12-16)43(39,40)28(30,31)32/h2,4-5,12-15,17,19,22H,3,6-11H2,1H3,(H,33,35)(H,34,36)(H,37,38). The molecule has 2 fully saturated rings. The number of carbonyl (C=O) groups excluding carboxylic acids is 2. The highest BCUT2D eigenvalue weighted by Crippen LogP contribution is 2.35. The van der Waals surface area contributed by atoms with Crippen LogP contribution in [0.15, 0.2) is 41.3 Å². The lowest BCUT2D eigenvalue weighted by atomic mass is 9.87. The van der Waals surface area contributed by atoms with Crippen LogP contribution in [0.1, 0.15) is 55.3 Å². The molecule has 2 aliphatic rings. The quantitative estimate of drug-likeness (QED) is 0.338. The third-order valence-electron chi connectivity index (χ3n) is 7.70. The third kappa shape index (κ3) is 7.20. The van der Waals surface area contributed by atoms with Crippen LogP contribution < -0.4 is 20.1 Å². The smallest absolute Gasteiger partial charge is 0.496 e. The van der Waals surface area contributed by atoms with Crippen LogP contribution in [0.5, 0.6) is 11.5 Å². The summed E-state index contributed by atoms with van der Waals surface area (Å²) < 4.78 is 88.1. The minimum Gasteiger partial charge on any atom is -0.496 e. The fourth-order valence-corrected chi connectivity index (χ4v) is 6.19. The van der Waals surface area contributed by atoms with E-state index in [1.807, 2.05) is 0 Å². The largest absolute Gasteiger partial charge is 0.501 e. The summed E-state index contributed by atoms with van der Waals surface area (Å²) in [5.41, 5.74) is -5.73. The lowest BCUT2D eigenvalue weighted by Crippen LogP contribution is -2.42. The van der Waals surface area contributed by atoms with Gasteiger partial charge in [-0.15, -0.1) is 0 Å². The summed E-state index contributed by atoms with van der Waals surface area (Å²) in [5, 5.41) is 14.4. The predicted octanol–water partition coefficient (Wildman–Crippen LogP) is 4.69. The number of benzene rings is 2. The summed E-state index contributed by atoms with van der Waals surface area (Å²) in [4.78, 5) is 36.5. The van der Waals surface area contributed by atoms with Gasteiger partial charge >= 0.3 is 11.5 Å². The number of carboxylic acid groups (broad SMARTS) is 1. The molecule has 2 aromatic rings. The molecule has 2 aliphatic carbocycles. The van der Waals surface area contributed by atoms with Gasteiger partial charge in [0.2, 0.25) is 5.91 Å². The fraction of sp³-hybridized carbons (Fsp3) is 0.464. The number of rotatable bonds is 9. The molecule has 2 atom stereocenters. The average molecular weight is 631 g/mol. The van der Waals surface area contributed by atoms with Crippen LogP contribution in [-0.2, 0) is 19.4 Å². The Bertz CT molecular complexity index is 1490. The molecule has 0 bridgehead atoms. The van der Waals surface area contributed by atoms with Crippen molar-refractivity contribution in [1.29, 1.82) is 0 Å². The molecule has 0 heterocycles. The van der Waals surface area contributed by atoms with Gasteiger partial charge in [0.25, 0.3) is 15.7 Å². The molecule has 2 amide bonds. The molecule has 2 saturated carbocycles. The van der Waals surface area contributed by atoms with E-state index in [2.05, 4.69) is 10.6 Å². The van der Waals surface area contributed by atoms with Crippen molar-refractivity contribution < 1.29 is 54.9 Å². The summed E-state index contributed by atoms with van der Waals surface area (Å²) in [5.74, 6) is -4.56. The van der Waals surface area contributed by atoms with Crippen molar-refractivity contribution in [1.82, 2.24) is 5.32 Å². The highest BCUT2D eigenvalue weighted by Gasteiger charge is 2.47.